The van der Waals surface area contributed by atoms with E-state index in [0.717, 1.165) is 6.20 Å². The van der Waals surface area contributed by atoms with Crippen LogP contribution < -0.4 is 10.6 Å². The van der Waals surface area contributed by atoms with Gasteiger partial charge in [-0.25, -0.2) is 5.10 Å². The number of carboxylic acid groups (broad SMARTS) is 1. The number of H-pyrrole nitrogens is 1. The maximum absolute atomic E-state index is 11.3. The van der Waals surface area contributed by atoms with Crippen molar-refractivity contribution in [2.45, 2.75) is 0 Å². The highest BCUT2D eigenvalue weighted by Gasteiger charge is 2.09. The van der Waals surface area contributed by atoms with Crippen LogP contribution in [0.2, 0.25) is 0 Å². The van der Waals surface area contributed by atoms with Crippen LogP contribution in [0.4, 0.5) is 5.95 Å². The third-order valence-electron chi connectivity index (χ3n) is 1.53. The molecule has 9 heteroatoms. The third kappa shape index (κ3) is 4.00. The Hall–Kier alpha value is -2.89. The number of amides is 1. The molecule has 1 rings (SSSR count). The zero-order valence-corrected chi connectivity index (χ0v) is 8.47. The molecule has 0 atom stereocenters. The molecule has 0 aliphatic heterocycles. The van der Waals surface area contributed by atoms with Gasteiger partial charge >= 0.3 is 5.97 Å². The van der Waals surface area contributed by atoms with Gasteiger partial charge in [0.25, 0.3) is 5.91 Å². The fourth-order valence-corrected chi connectivity index (χ4v) is 0.815. The van der Waals surface area contributed by atoms with Gasteiger partial charge in [-0.2, -0.15) is 15.3 Å². The van der Waals surface area contributed by atoms with Crippen molar-refractivity contribution in [1.29, 1.82) is 5.26 Å². The molecule has 0 radical (unpaired) electrons. The minimum atomic E-state index is -1.20. The van der Waals surface area contributed by atoms with Crippen molar-refractivity contribution in [3.63, 3.8) is 0 Å². The van der Waals surface area contributed by atoms with E-state index in [1.165, 1.54) is 6.33 Å². The first-order chi connectivity index (χ1) is 8.13. The fraction of sp³-hybridized carbons (Fsp3) is 0.125. The van der Waals surface area contributed by atoms with Gasteiger partial charge in [0.2, 0.25) is 5.95 Å². The Balaban J connectivity index is 2.58. The second-order valence-electron chi connectivity index (χ2n) is 2.72. The lowest BCUT2D eigenvalue weighted by Gasteiger charge is -2.00. The van der Waals surface area contributed by atoms with Crippen molar-refractivity contribution in [3.05, 3.63) is 18.1 Å². The molecule has 0 aliphatic rings. The zero-order chi connectivity index (χ0) is 12.7. The largest absolute Gasteiger partial charge is 0.480 e. The molecule has 0 saturated carbocycles. The predicted molar refractivity (Wildman–Crippen MR) is 54.3 cm³/mol. The van der Waals surface area contributed by atoms with E-state index in [4.69, 9.17) is 10.4 Å². The number of nitrogens with zero attached hydrogens (tertiary/aromatic N) is 3. The van der Waals surface area contributed by atoms with Crippen molar-refractivity contribution in [2.24, 2.45) is 0 Å². The number of anilines is 1. The van der Waals surface area contributed by atoms with Crippen molar-refractivity contribution in [3.8, 4) is 6.07 Å². The van der Waals surface area contributed by atoms with E-state index in [1.54, 1.807) is 6.07 Å². The molecule has 4 N–H and O–H groups in total. The SMILES string of the molecule is N#C/C(=C/Nc1ncn[nH]1)C(=O)NCC(=O)O. The van der Waals surface area contributed by atoms with E-state index in [2.05, 4.69) is 20.5 Å². The molecule has 0 aromatic carbocycles. The number of carboxylic acids is 1. The monoisotopic (exact) mass is 236 g/mol. The lowest BCUT2D eigenvalue weighted by Crippen LogP contribution is -2.30. The van der Waals surface area contributed by atoms with E-state index >= 15 is 0 Å². The summed E-state index contributed by atoms with van der Waals surface area (Å²) < 4.78 is 0. The average molecular weight is 236 g/mol. The Kier molecular flexibility index (Phi) is 4.20. The molecule has 0 bridgehead atoms. The smallest absolute Gasteiger partial charge is 0.322 e. The molecule has 1 heterocycles. The second kappa shape index (κ2) is 5.86. The number of aliphatic carboxylic acids is 1. The number of hydrogen-bond acceptors (Lipinski definition) is 6. The van der Waals surface area contributed by atoms with E-state index < -0.39 is 18.4 Å². The van der Waals surface area contributed by atoms with Crippen molar-refractivity contribution in [2.75, 3.05) is 11.9 Å². The summed E-state index contributed by atoms with van der Waals surface area (Å²) in [5.74, 6) is -1.73. The molecule has 1 aromatic rings. The molecule has 1 aromatic heterocycles. The molecule has 1 amide bonds. The number of nitrogens with one attached hydrogen (secondary N) is 3. The Labute approximate surface area is 95.2 Å². The highest BCUT2D eigenvalue weighted by Crippen LogP contribution is 1.96. The maximum atomic E-state index is 11.3. The summed E-state index contributed by atoms with van der Waals surface area (Å²) in [5.41, 5.74) is -0.275. The van der Waals surface area contributed by atoms with Gasteiger partial charge in [-0.05, 0) is 0 Å². The number of aromatic amines is 1. The van der Waals surface area contributed by atoms with Crippen LogP contribution in [-0.2, 0) is 9.59 Å². The van der Waals surface area contributed by atoms with E-state index in [0.29, 0.717) is 0 Å². The van der Waals surface area contributed by atoms with Crippen LogP contribution in [0.5, 0.6) is 0 Å². The highest BCUT2D eigenvalue weighted by molar-refractivity contribution is 5.98. The first-order valence-electron chi connectivity index (χ1n) is 4.35. The van der Waals surface area contributed by atoms with Crippen LogP contribution in [0.15, 0.2) is 18.1 Å². The Morgan fingerprint density at radius 2 is 2.41 bits per heavy atom. The minimum absolute atomic E-state index is 0.254. The van der Waals surface area contributed by atoms with Gasteiger partial charge in [0.05, 0.1) is 0 Å². The topological polar surface area (TPSA) is 144 Å². The number of carbonyl (C=O) groups is 2. The van der Waals surface area contributed by atoms with Gasteiger partial charge in [-0.3, -0.25) is 9.59 Å². The number of hydrogen-bond donors (Lipinski definition) is 4. The molecule has 0 fully saturated rings. The van der Waals surface area contributed by atoms with Gasteiger partial charge in [-0.15, -0.1) is 0 Å². The summed E-state index contributed by atoms with van der Waals surface area (Å²) in [6.07, 6.45) is 2.34. The molecule has 17 heavy (non-hydrogen) atoms. The number of aromatic nitrogens is 3. The van der Waals surface area contributed by atoms with E-state index in [9.17, 15) is 9.59 Å². The van der Waals surface area contributed by atoms with Crippen molar-refractivity contribution in [1.82, 2.24) is 20.5 Å². The van der Waals surface area contributed by atoms with Crippen LogP contribution in [0.1, 0.15) is 0 Å². The normalized spacial score (nSPS) is 10.4. The van der Waals surface area contributed by atoms with Gasteiger partial charge in [-0.1, -0.05) is 0 Å². The van der Waals surface area contributed by atoms with Crippen LogP contribution in [0, 0.1) is 11.3 Å². The second-order valence-corrected chi connectivity index (χ2v) is 2.72. The Morgan fingerprint density at radius 3 is 2.94 bits per heavy atom. The molecule has 0 unspecified atom stereocenters. The fourth-order valence-electron chi connectivity index (χ4n) is 0.815. The number of nitriles is 1. The number of carbonyl (C=O) groups excluding carboxylic acids is 1. The Bertz CT molecular complexity index is 472. The standard InChI is InChI=1S/C8H8N6O3/c9-1-5(7(17)10-3-6(15)16)2-11-8-12-4-13-14-8/h2,4H,3H2,(H,10,17)(H,15,16)(H2,11,12,13,14)/b5-2-. The predicted octanol–water partition coefficient (Wildman–Crippen LogP) is -1.18. The molecule has 9 nitrogen and oxygen atoms in total. The van der Waals surface area contributed by atoms with Crippen LogP contribution in [0.25, 0.3) is 0 Å². The summed E-state index contributed by atoms with van der Waals surface area (Å²) in [6.45, 7) is -0.555. The molecule has 88 valence electrons. The lowest BCUT2D eigenvalue weighted by atomic mass is 10.3. The first kappa shape index (κ1) is 12.2. The van der Waals surface area contributed by atoms with Crippen molar-refractivity contribution < 1.29 is 14.7 Å². The summed E-state index contributed by atoms with van der Waals surface area (Å²) in [6, 6.07) is 1.62. The highest BCUT2D eigenvalue weighted by atomic mass is 16.4. The third-order valence-corrected chi connectivity index (χ3v) is 1.53. The quantitative estimate of drug-likeness (QED) is 0.372. The summed E-state index contributed by atoms with van der Waals surface area (Å²) in [4.78, 5) is 25.2. The van der Waals surface area contributed by atoms with Crippen LogP contribution in [-0.4, -0.2) is 38.7 Å². The average Bonchev–Trinajstić information content (AvgIpc) is 2.80. The van der Waals surface area contributed by atoms with Gasteiger partial charge in [0.1, 0.15) is 24.5 Å². The first-order valence-corrected chi connectivity index (χ1v) is 4.35. The van der Waals surface area contributed by atoms with E-state index in [1.807, 2.05) is 5.32 Å². The number of rotatable bonds is 5. The zero-order valence-electron chi connectivity index (χ0n) is 8.47. The molecule has 0 saturated heterocycles. The summed E-state index contributed by atoms with van der Waals surface area (Å²) in [7, 11) is 0. The minimum Gasteiger partial charge on any atom is -0.480 e. The van der Waals surface area contributed by atoms with Gasteiger partial charge in [0, 0.05) is 6.20 Å². The van der Waals surface area contributed by atoms with Crippen LogP contribution >= 0.6 is 0 Å². The molecule has 0 spiro atoms. The molecular formula is C8H8N6O3. The summed E-state index contributed by atoms with van der Waals surface area (Å²) in [5, 5.41) is 27.6. The van der Waals surface area contributed by atoms with E-state index in [-0.39, 0.29) is 11.5 Å². The van der Waals surface area contributed by atoms with Crippen molar-refractivity contribution >= 4 is 17.8 Å². The lowest BCUT2D eigenvalue weighted by molar-refractivity contribution is -0.137. The van der Waals surface area contributed by atoms with Gasteiger partial charge in [0.15, 0.2) is 0 Å². The maximum Gasteiger partial charge on any atom is 0.322 e. The summed E-state index contributed by atoms with van der Waals surface area (Å²) >= 11 is 0. The molecular weight excluding hydrogens is 228 g/mol. The molecule has 0 aliphatic carbocycles. The Morgan fingerprint density at radius 1 is 1.65 bits per heavy atom. The van der Waals surface area contributed by atoms with Gasteiger partial charge < -0.3 is 15.7 Å². The van der Waals surface area contributed by atoms with Crippen LogP contribution in [0.3, 0.4) is 0 Å².